The Hall–Kier alpha value is -1.51. The Morgan fingerprint density at radius 1 is 1.45 bits per heavy atom. The van der Waals surface area contributed by atoms with Crippen molar-refractivity contribution < 1.29 is 13.3 Å². The maximum absolute atomic E-state index is 12.6. The van der Waals surface area contributed by atoms with Gasteiger partial charge in [0.15, 0.2) is 0 Å². The molecule has 1 aromatic carbocycles. The lowest BCUT2D eigenvalue weighted by molar-refractivity contribution is -0.385. The molecule has 0 radical (unpaired) electrons. The Bertz CT molecular complexity index is 630. The summed E-state index contributed by atoms with van der Waals surface area (Å²) in [6.07, 6.45) is 0. The van der Waals surface area contributed by atoms with Crippen LogP contribution in [0.4, 0.5) is 5.69 Å². The van der Waals surface area contributed by atoms with Gasteiger partial charge in [0.05, 0.1) is 9.82 Å². The highest BCUT2D eigenvalue weighted by atomic mass is 32.2. The molecule has 2 rings (SSSR count). The summed E-state index contributed by atoms with van der Waals surface area (Å²) >= 11 is 0. The van der Waals surface area contributed by atoms with Crippen molar-refractivity contribution in [2.45, 2.75) is 24.8 Å². The molecule has 0 unspecified atom stereocenters. The van der Waals surface area contributed by atoms with Crippen LogP contribution in [0, 0.1) is 17.0 Å². The Balaban J connectivity index is 2.44. The van der Waals surface area contributed by atoms with E-state index >= 15 is 0 Å². The van der Waals surface area contributed by atoms with Gasteiger partial charge in [-0.05, 0) is 19.9 Å². The molecule has 1 N–H and O–H groups in total. The first-order valence-electron chi connectivity index (χ1n) is 6.31. The zero-order valence-corrected chi connectivity index (χ0v) is 12.2. The van der Waals surface area contributed by atoms with Gasteiger partial charge in [0.1, 0.15) is 0 Å². The predicted molar refractivity (Wildman–Crippen MR) is 74.1 cm³/mol. The van der Waals surface area contributed by atoms with Gasteiger partial charge in [0.2, 0.25) is 10.0 Å². The molecule has 0 spiro atoms. The standard InChI is InChI=1S/C12H17N3O4S/c1-9-8-14(7-6-13-9)20(18,19)12-5-3-4-11(10(12)2)15(16)17/h3-5,9,13H,6-8H2,1-2H3/t9-/m1/s1. The summed E-state index contributed by atoms with van der Waals surface area (Å²) < 4.78 is 26.6. The molecule has 20 heavy (non-hydrogen) atoms. The van der Waals surface area contributed by atoms with Crippen LogP contribution in [-0.4, -0.2) is 43.3 Å². The molecular weight excluding hydrogens is 282 g/mol. The van der Waals surface area contributed by atoms with Crippen LogP contribution < -0.4 is 5.32 Å². The van der Waals surface area contributed by atoms with Crippen LogP contribution in [0.5, 0.6) is 0 Å². The number of nitro benzene ring substituents is 1. The Morgan fingerprint density at radius 3 is 2.75 bits per heavy atom. The molecule has 1 aromatic rings. The van der Waals surface area contributed by atoms with Gasteiger partial charge in [-0.1, -0.05) is 6.07 Å². The molecule has 0 bridgehead atoms. The van der Waals surface area contributed by atoms with E-state index < -0.39 is 14.9 Å². The second-order valence-electron chi connectivity index (χ2n) is 4.88. The first-order valence-corrected chi connectivity index (χ1v) is 7.75. The van der Waals surface area contributed by atoms with Crippen molar-refractivity contribution in [3.63, 3.8) is 0 Å². The molecule has 7 nitrogen and oxygen atoms in total. The quantitative estimate of drug-likeness (QED) is 0.661. The van der Waals surface area contributed by atoms with Crippen molar-refractivity contribution in [1.82, 2.24) is 9.62 Å². The van der Waals surface area contributed by atoms with E-state index in [0.717, 1.165) is 0 Å². The lowest BCUT2D eigenvalue weighted by atomic mass is 10.2. The molecule has 110 valence electrons. The number of benzene rings is 1. The van der Waals surface area contributed by atoms with Crippen LogP contribution in [0.15, 0.2) is 23.1 Å². The molecule has 1 atom stereocenters. The number of nitrogens with zero attached hydrogens (tertiary/aromatic N) is 2. The van der Waals surface area contributed by atoms with Gasteiger partial charge in [-0.3, -0.25) is 10.1 Å². The molecule has 0 amide bonds. The normalized spacial score (nSPS) is 20.8. The number of nitro groups is 1. The fourth-order valence-corrected chi connectivity index (χ4v) is 4.11. The zero-order valence-electron chi connectivity index (χ0n) is 11.4. The van der Waals surface area contributed by atoms with Crippen molar-refractivity contribution in [2.75, 3.05) is 19.6 Å². The number of piperazine rings is 1. The molecule has 0 aromatic heterocycles. The van der Waals surface area contributed by atoms with Gasteiger partial charge < -0.3 is 5.32 Å². The first-order chi connectivity index (χ1) is 9.34. The number of sulfonamides is 1. The molecule has 1 heterocycles. The van der Waals surface area contributed by atoms with Gasteiger partial charge >= 0.3 is 0 Å². The fourth-order valence-electron chi connectivity index (χ4n) is 2.33. The highest BCUT2D eigenvalue weighted by molar-refractivity contribution is 7.89. The topological polar surface area (TPSA) is 92.5 Å². The maximum atomic E-state index is 12.6. The van der Waals surface area contributed by atoms with Crippen LogP contribution in [0.25, 0.3) is 0 Å². The van der Waals surface area contributed by atoms with E-state index in [9.17, 15) is 18.5 Å². The summed E-state index contributed by atoms with van der Waals surface area (Å²) in [5.74, 6) is 0. The van der Waals surface area contributed by atoms with Crippen molar-refractivity contribution in [3.8, 4) is 0 Å². The Morgan fingerprint density at radius 2 is 2.15 bits per heavy atom. The van der Waals surface area contributed by atoms with Crippen molar-refractivity contribution in [2.24, 2.45) is 0 Å². The fraction of sp³-hybridized carbons (Fsp3) is 0.500. The van der Waals surface area contributed by atoms with Crippen LogP contribution in [0.2, 0.25) is 0 Å². The van der Waals surface area contributed by atoms with Gasteiger partial charge in [0.25, 0.3) is 5.69 Å². The summed E-state index contributed by atoms with van der Waals surface area (Å²) in [6.45, 7) is 4.69. The SMILES string of the molecule is Cc1c([N+](=O)[O-])cccc1S(=O)(=O)N1CCN[C@H](C)C1. The van der Waals surface area contributed by atoms with Crippen LogP contribution in [0.1, 0.15) is 12.5 Å². The Labute approximate surface area is 117 Å². The van der Waals surface area contributed by atoms with Crippen LogP contribution in [0.3, 0.4) is 0 Å². The van der Waals surface area contributed by atoms with E-state index in [0.29, 0.717) is 19.6 Å². The first kappa shape index (κ1) is 14.9. The molecule has 1 fully saturated rings. The van der Waals surface area contributed by atoms with Gasteiger partial charge in [-0.25, -0.2) is 8.42 Å². The third-order valence-electron chi connectivity index (χ3n) is 3.40. The van der Waals surface area contributed by atoms with Gasteiger partial charge in [-0.15, -0.1) is 0 Å². The lowest BCUT2D eigenvalue weighted by Gasteiger charge is -2.31. The van der Waals surface area contributed by atoms with Crippen molar-refractivity contribution in [3.05, 3.63) is 33.9 Å². The van der Waals surface area contributed by atoms with E-state index in [2.05, 4.69) is 5.32 Å². The minimum absolute atomic E-state index is 0.0146. The summed E-state index contributed by atoms with van der Waals surface area (Å²) in [4.78, 5) is 10.4. The summed E-state index contributed by atoms with van der Waals surface area (Å²) in [7, 11) is -3.69. The van der Waals surface area contributed by atoms with Crippen molar-refractivity contribution in [1.29, 1.82) is 0 Å². The predicted octanol–water partition coefficient (Wildman–Crippen LogP) is 0.886. The largest absolute Gasteiger partial charge is 0.312 e. The third kappa shape index (κ3) is 2.67. The molecule has 0 aliphatic carbocycles. The maximum Gasteiger partial charge on any atom is 0.273 e. The Kier molecular flexibility index (Phi) is 4.07. The zero-order chi connectivity index (χ0) is 14.9. The minimum atomic E-state index is -3.69. The van der Waals surface area contributed by atoms with Crippen LogP contribution in [-0.2, 0) is 10.0 Å². The number of nitrogens with one attached hydrogen (secondary N) is 1. The van der Waals surface area contributed by atoms with E-state index in [4.69, 9.17) is 0 Å². The molecule has 1 aliphatic heterocycles. The van der Waals surface area contributed by atoms with E-state index in [-0.39, 0.29) is 22.2 Å². The van der Waals surface area contributed by atoms with Gasteiger partial charge in [0, 0.05) is 37.3 Å². The monoisotopic (exact) mass is 299 g/mol. The van der Waals surface area contributed by atoms with Gasteiger partial charge in [-0.2, -0.15) is 4.31 Å². The highest BCUT2D eigenvalue weighted by Gasteiger charge is 2.31. The smallest absolute Gasteiger partial charge is 0.273 e. The number of hydrogen-bond acceptors (Lipinski definition) is 5. The van der Waals surface area contributed by atoms with Crippen LogP contribution >= 0.6 is 0 Å². The third-order valence-corrected chi connectivity index (χ3v) is 5.41. The molecule has 1 saturated heterocycles. The summed E-state index contributed by atoms with van der Waals surface area (Å²) in [6, 6.07) is 4.21. The second-order valence-corrected chi connectivity index (χ2v) is 6.78. The molecule has 0 saturated carbocycles. The number of rotatable bonds is 3. The van der Waals surface area contributed by atoms with E-state index in [1.54, 1.807) is 0 Å². The second kappa shape index (κ2) is 5.47. The average molecular weight is 299 g/mol. The highest BCUT2D eigenvalue weighted by Crippen LogP contribution is 2.27. The average Bonchev–Trinajstić information content (AvgIpc) is 2.38. The van der Waals surface area contributed by atoms with E-state index in [1.807, 2.05) is 6.92 Å². The molecule has 8 heteroatoms. The molecule has 1 aliphatic rings. The minimum Gasteiger partial charge on any atom is -0.312 e. The molecular formula is C12H17N3O4S. The lowest BCUT2D eigenvalue weighted by Crippen LogP contribution is -2.51. The van der Waals surface area contributed by atoms with Crippen molar-refractivity contribution >= 4 is 15.7 Å². The summed E-state index contributed by atoms with van der Waals surface area (Å²) in [5, 5.41) is 14.1. The van der Waals surface area contributed by atoms with E-state index in [1.165, 1.54) is 29.4 Å². The summed E-state index contributed by atoms with van der Waals surface area (Å²) in [5.41, 5.74) is 0.0120. The number of hydrogen-bond donors (Lipinski definition) is 1.